The molecule has 1 aliphatic carbocycles. The second-order valence-corrected chi connectivity index (χ2v) is 4.48. The zero-order valence-corrected chi connectivity index (χ0v) is 9.58. The molecule has 0 aromatic carbocycles. The molecule has 1 amide bonds. The highest BCUT2D eigenvalue weighted by molar-refractivity contribution is 5.86. The van der Waals surface area contributed by atoms with Crippen LogP contribution in [0.2, 0.25) is 0 Å². The lowest BCUT2D eigenvalue weighted by molar-refractivity contribution is 0.165. The number of nitrogens with two attached hydrogens (primary N) is 1. The van der Waals surface area contributed by atoms with Gasteiger partial charge in [0, 0.05) is 12.2 Å². The van der Waals surface area contributed by atoms with Crippen molar-refractivity contribution in [1.82, 2.24) is 20.1 Å². The van der Waals surface area contributed by atoms with Gasteiger partial charge >= 0.3 is 6.09 Å². The van der Waals surface area contributed by atoms with Crippen LogP contribution in [0, 0.1) is 0 Å². The standard InChI is InChI=1S/C11H13N5O2/c12-9-8-2-1-3-13-10(8)16(15-9)7-4-6(5-7)14-11(17)18/h1-3,6-7,14H,4-5H2,(H2,12,15)(H,17,18). The van der Waals surface area contributed by atoms with Gasteiger partial charge in [-0.25, -0.2) is 14.5 Å². The number of fused-ring (bicyclic) bond motifs is 1. The molecule has 0 aliphatic heterocycles. The van der Waals surface area contributed by atoms with Gasteiger partial charge in [-0.3, -0.25) is 0 Å². The Morgan fingerprint density at radius 2 is 2.33 bits per heavy atom. The minimum Gasteiger partial charge on any atom is -0.465 e. The van der Waals surface area contributed by atoms with Gasteiger partial charge in [-0.15, -0.1) is 0 Å². The van der Waals surface area contributed by atoms with E-state index in [9.17, 15) is 4.79 Å². The maximum atomic E-state index is 10.5. The minimum absolute atomic E-state index is 0.00307. The maximum absolute atomic E-state index is 10.5. The van der Waals surface area contributed by atoms with Gasteiger partial charge in [-0.1, -0.05) is 0 Å². The van der Waals surface area contributed by atoms with Crippen molar-refractivity contribution in [2.24, 2.45) is 0 Å². The number of aromatic nitrogens is 3. The molecule has 0 spiro atoms. The van der Waals surface area contributed by atoms with Gasteiger partial charge in [0.05, 0.1) is 11.4 Å². The minimum atomic E-state index is -0.985. The third-order valence-electron chi connectivity index (χ3n) is 3.28. The molecule has 1 aliphatic rings. The van der Waals surface area contributed by atoms with Crippen molar-refractivity contribution in [2.75, 3.05) is 5.73 Å². The number of rotatable bonds is 2. The molecule has 18 heavy (non-hydrogen) atoms. The fourth-order valence-corrected chi connectivity index (χ4v) is 2.33. The van der Waals surface area contributed by atoms with Gasteiger partial charge in [0.1, 0.15) is 0 Å². The number of hydrogen-bond donors (Lipinski definition) is 3. The molecule has 0 bridgehead atoms. The van der Waals surface area contributed by atoms with E-state index in [1.807, 2.05) is 12.1 Å². The number of nitrogens with one attached hydrogen (secondary N) is 1. The van der Waals surface area contributed by atoms with Crippen molar-refractivity contribution >= 4 is 22.9 Å². The molecule has 2 aromatic rings. The highest BCUT2D eigenvalue weighted by Crippen LogP contribution is 2.34. The smallest absolute Gasteiger partial charge is 0.404 e. The van der Waals surface area contributed by atoms with Crippen LogP contribution in [0.15, 0.2) is 18.3 Å². The number of nitrogen functional groups attached to an aromatic ring is 1. The van der Waals surface area contributed by atoms with E-state index in [4.69, 9.17) is 10.8 Å². The van der Waals surface area contributed by atoms with E-state index in [1.54, 1.807) is 10.9 Å². The summed E-state index contributed by atoms with van der Waals surface area (Å²) in [5.41, 5.74) is 6.59. The molecule has 0 atom stereocenters. The monoisotopic (exact) mass is 247 g/mol. The molecule has 94 valence electrons. The van der Waals surface area contributed by atoms with Crippen LogP contribution in [0.1, 0.15) is 18.9 Å². The summed E-state index contributed by atoms with van der Waals surface area (Å²) in [4.78, 5) is 14.8. The predicted octanol–water partition coefficient (Wildman–Crippen LogP) is 0.985. The van der Waals surface area contributed by atoms with Crippen molar-refractivity contribution in [1.29, 1.82) is 0 Å². The van der Waals surface area contributed by atoms with E-state index in [0.29, 0.717) is 5.82 Å². The average molecular weight is 247 g/mol. The Kier molecular flexibility index (Phi) is 2.32. The molecule has 2 aromatic heterocycles. The number of amides is 1. The number of pyridine rings is 1. The maximum Gasteiger partial charge on any atom is 0.404 e. The largest absolute Gasteiger partial charge is 0.465 e. The molecular weight excluding hydrogens is 234 g/mol. The number of carboxylic acid groups (broad SMARTS) is 1. The Bertz CT molecular complexity index is 602. The first-order valence-electron chi connectivity index (χ1n) is 5.73. The predicted molar refractivity (Wildman–Crippen MR) is 65.2 cm³/mol. The molecule has 7 heteroatoms. The van der Waals surface area contributed by atoms with Gasteiger partial charge in [-0.05, 0) is 25.0 Å². The van der Waals surface area contributed by atoms with Crippen molar-refractivity contribution in [2.45, 2.75) is 24.9 Å². The van der Waals surface area contributed by atoms with Crippen LogP contribution in [-0.4, -0.2) is 32.0 Å². The van der Waals surface area contributed by atoms with Crippen LogP contribution in [0.3, 0.4) is 0 Å². The number of nitrogens with zero attached hydrogens (tertiary/aromatic N) is 3. The van der Waals surface area contributed by atoms with Crippen LogP contribution in [0.25, 0.3) is 11.0 Å². The Hall–Kier alpha value is -2.31. The lowest BCUT2D eigenvalue weighted by Gasteiger charge is -2.35. The molecule has 2 heterocycles. The van der Waals surface area contributed by atoms with E-state index >= 15 is 0 Å². The first-order chi connectivity index (χ1) is 8.65. The van der Waals surface area contributed by atoms with Gasteiger partial charge in [0.15, 0.2) is 11.5 Å². The zero-order chi connectivity index (χ0) is 12.7. The van der Waals surface area contributed by atoms with E-state index in [0.717, 1.165) is 23.9 Å². The van der Waals surface area contributed by atoms with Crippen LogP contribution in [0.5, 0.6) is 0 Å². The number of anilines is 1. The average Bonchev–Trinajstić information content (AvgIpc) is 2.61. The van der Waals surface area contributed by atoms with Crippen LogP contribution >= 0.6 is 0 Å². The fourth-order valence-electron chi connectivity index (χ4n) is 2.33. The zero-order valence-electron chi connectivity index (χ0n) is 9.58. The molecule has 7 nitrogen and oxygen atoms in total. The molecular formula is C11H13N5O2. The summed E-state index contributed by atoms with van der Waals surface area (Å²) in [5.74, 6) is 0.466. The molecule has 3 rings (SSSR count). The molecule has 1 saturated carbocycles. The molecule has 0 saturated heterocycles. The van der Waals surface area contributed by atoms with Crippen molar-refractivity contribution in [3.8, 4) is 0 Å². The van der Waals surface area contributed by atoms with Gasteiger partial charge in [0.2, 0.25) is 0 Å². The Morgan fingerprint density at radius 3 is 3.06 bits per heavy atom. The second-order valence-electron chi connectivity index (χ2n) is 4.48. The molecule has 0 radical (unpaired) electrons. The Balaban J connectivity index is 1.83. The lowest BCUT2D eigenvalue weighted by atomic mass is 9.87. The molecule has 0 unspecified atom stereocenters. The Morgan fingerprint density at radius 1 is 1.56 bits per heavy atom. The van der Waals surface area contributed by atoms with E-state index < -0.39 is 6.09 Å². The van der Waals surface area contributed by atoms with Gasteiger partial charge < -0.3 is 16.2 Å². The summed E-state index contributed by atoms with van der Waals surface area (Å²) < 4.78 is 1.80. The Labute approximate surface area is 103 Å². The summed E-state index contributed by atoms with van der Waals surface area (Å²) in [7, 11) is 0. The lowest BCUT2D eigenvalue weighted by Crippen LogP contribution is -2.44. The number of carbonyl (C=O) groups is 1. The second kappa shape index (κ2) is 3.86. The quantitative estimate of drug-likeness (QED) is 0.733. The first kappa shape index (κ1) is 10.8. The van der Waals surface area contributed by atoms with Crippen LogP contribution in [0.4, 0.5) is 10.6 Å². The topological polar surface area (TPSA) is 106 Å². The van der Waals surface area contributed by atoms with E-state index in [-0.39, 0.29) is 12.1 Å². The fraction of sp³-hybridized carbons (Fsp3) is 0.364. The van der Waals surface area contributed by atoms with Gasteiger partial charge in [0.25, 0.3) is 0 Å². The summed E-state index contributed by atoms with van der Waals surface area (Å²) in [6.07, 6.45) is 2.16. The molecule has 1 fully saturated rings. The summed E-state index contributed by atoms with van der Waals surface area (Å²) >= 11 is 0. The van der Waals surface area contributed by atoms with E-state index in [1.165, 1.54) is 0 Å². The third kappa shape index (κ3) is 1.64. The van der Waals surface area contributed by atoms with Crippen LogP contribution < -0.4 is 11.1 Å². The third-order valence-corrected chi connectivity index (χ3v) is 3.28. The normalized spacial score (nSPS) is 22.7. The highest BCUT2D eigenvalue weighted by Gasteiger charge is 2.33. The summed E-state index contributed by atoms with van der Waals surface area (Å²) in [5, 5.41) is 16.2. The van der Waals surface area contributed by atoms with Crippen LogP contribution in [-0.2, 0) is 0 Å². The first-order valence-corrected chi connectivity index (χ1v) is 5.73. The summed E-state index contributed by atoms with van der Waals surface area (Å²) in [6, 6.07) is 3.86. The molecule has 4 N–H and O–H groups in total. The van der Waals surface area contributed by atoms with Crippen molar-refractivity contribution in [3.05, 3.63) is 18.3 Å². The number of hydrogen-bond acceptors (Lipinski definition) is 4. The van der Waals surface area contributed by atoms with E-state index in [2.05, 4.69) is 15.4 Å². The van der Waals surface area contributed by atoms with Crippen molar-refractivity contribution in [3.63, 3.8) is 0 Å². The summed E-state index contributed by atoms with van der Waals surface area (Å²) in [6.45, 7) is 0. The van der Waals surface area contributed by atoms with Gasteiger partial charge in [-0.2, -0.15) is 5.10 Å². The highest BCUT2D eigenvalue weighted by atomic mass is 16.4. The van der Waals surface area contributed by atoms with Crippen molar-refractivity contribution < 1.29 is 9.90 Å². The SMILES string of the molecule is Nc1nn(C2CC(NC(=O)O)C2)c2ncccc12.